The molecule has 6 nitrogen and oxygen atoms in total. The minimum atomic E-state index is 0.513. The lowest BCUT2D eigenvalue weighted by Gasteiger charge is -2.26. The Morgan fingerprint density at radius 3 is 2.88 bits per heavy atom. The van der Waals surface area contributed by atoms with Crippen molar-refractivity contribution in [3.8, 4) is 0 Å². The van der Waals surface area contributed by atoms with Gasteiger partial charge in [-0.1, -0.05) is 5.16 Å². The number of hydrogen-bond donors (Lipinski definition) is 1. The summed E-state index contributed by atoms with van der Waals surface area (Å²) in [5.41, 5.74) is 0. The number of aromatic nitrogens is 2. The van der Waals surface area contributed by atoms with Crippen LogP contribution in [0.5, 0.6) is 0 Å². The van der Waals surface area contributed by atoms with Gasteiger partial charge in [-0.3, -0.25) is 4.90 Å². The van der Waals surface area contributed by atoms with Crippen LogP contribution in [0.25, 0.3) is 0 Å². The summed E-state index contributed by atoms with van der Waals surface area (Å²) in [5, 5.41) is 6.82. The van der Waals surface area contributed by atoms with Gasteiger partial charge in [0.2, 0.25) is 0 Å². The van der Waals surface area contributed by atoms with E-state index in [0.29, 0.717) is 11.8 Å². The van der Waals surface area contributed by atoms with Crippen LogP contribution in [0.3, 0.4) is 0 Å². The van der Waals surface area contributed by atoms with Gasteiger partial charge < -0.3 is 14.6 Å². The van der Waals surface area contributed by atoms with E-state index in [-0.39, 0.29) is 0 Å². The maximum atomic E-state index is 5.29. The molecule has 16 heavy (non-hydrogen) atoms. The number of aryl methyl sites for hydroxylation is 1. The van der Waals surface area contributed by atoms with Crippen molar-refractivity contribution in [3.05, 3.63) is 5.82 Å². The van der Waals surface area contributed by atoms with Gasteiger partial charge in [-0.25, -0.2) is 0 Å². The van der Waals surface area contributed by atoms with E-state index >= 15 is 0 Å². The van der Waals surface area contributed by atoms with Gasteiger partial charge in [-0.15, -0.1) is 0 Å². The Morgan fingerprint density at radius 2 is 2.19 bits per heavy atom. The number of nitrogens with one attached hydrogen (secondary N) is 1. The van der Waals surface area contributed by atoms with Gasteiger partial charge in [0.25, 0.3) is 0 Å². The molecular formula is C10H18N4O2. The van der Waals surface area contributed by atoms with Gasteiger partial charge in [0.15, 0.2) is 5.82 Å². The molecule has 0 unspecified atom stereocenters. The van der Waals surface area contributed by atoms with Gasteiger partial charge in [-0.05, 0) is 19.9 Å². The van der Waals surface area contributed by atoms with Gasteiger partial charge in [0.05, 0.1) is 13.2 Å². The first kappa shape index (κ1) is 11.3. The van der Waals surface area contributed by atoms with Crippen LogP contribution >= 0.6 is 0 Å². The Kier molecular flexibility index (Phi) is 4.12. The van der Waals surface area contributed by atoms with E-state index in [0.717, 1.165) is 45.8 Å². The molecule has 1 saturated heterocycles. The van der Waals surface area contributed by atoms with Crippen LogP contribution in [0.4, 0.5) is 6.01 Å². The minimum absolute atomic E-state index is 0.513. The molecule has 1 aromatic rings. The molecule has 0 radical (unpaired) electrons. The summed E-state index contributed by atoms with van der Waals surface area (Å²) in [4.78, 5) is 6.48. The quantitative estimate of drug-likeness (QED) is 0.738. The number of rotatable bonds is 5. The third-order valence-electron chi connectivity index (χ3n) is 2.56. The van der Waals surface area contributed by atoms with Crippen LogP contribution in [0.1, 0.15) is 12.2 Å². The van der Waals surface area contributed by atoms with Crippen molar-refractivity contribution in [1.82, 2.24) is 15.0 Å². The van der Waals surface area contributed by atoms with Crippen molar-refractivity contribution in [3.63, 3.8) is 0 Å². The Labute approximate surface area is 95.0 Å². The Morgan fingerprint density at radius 1 is 1.38 bits per heavy atom. The number of nitrogens with zero attached hydrogens (tertiary/aromatic N) is 3. The largest absolute Gasteiger partial charge is 0.379 e. The zero-order chi connectivity index (χ0) is 11.2. The van der Waals surface area contributed by atoms with Gasteiger partial charge >= 0.3 is 6.01 Å². The molecule has 0 bridgehead atoms. The predicted octanol–water partition coefficient (Wildman–Crippen LogP) is 0.512. The van der Waals surface area contributed by atoms with E-state index in [2.05, 4.69) is 20.4 Å². The monoisotopic (exact) mass is 226 g/mol. The van der Waals surface area contributed by atoms with Crippen molar-refractivity contribution in [1.29, 1.82) is 0 Å². The second-order valence-electron chi connectivity index (χ2n) is 3.88. The highest BCUT2D eigenvalue weighted by Gasteiger charge is 2.09. The summed E-state index contributed by atoms with van der Waals surface area (Å²) in [6.07, 6.45) is 1.07. The van der Waals surface area contributed by atoms with Crippen LogP contribution in [-0.4, -0.2) is 54.4 Å². The molecule has 1 fully saturated rings. The van der Waals surface area contributed by atoms with E-state index in [1.807, 2.05) is 6.92 Å². The summed E-state index contributed by atoms with van der Waals surface area (Å²) in [6.45, 7) is 7.55. The van der Waals surface area contributed by atoms with E-state index in [1.165, 1.54) is 0 Å². The van der Waals surface area contributed by atoms with Crippen molar-refractivity contribution in [2.24, 2.45) is 0 Å². The molecule has 2 rings (SSSR count). The molecule has 0 aromatic carbocycles. The molecule has 1 aliphatic rings. The maximum Gasteiger partial charge on any atom is 0.321 e. The maximum absolute atomic E-state index is 5.29. The average Bonchev–Trinajstić information content (AvgIpc) is 2.72. The first-order chi connectivity index (χ1) is 7.84. The molecule has 1 aliphatic heterocycles. The number of anilines is 1. The van der Waals surface area contributed by atoms with Crippen molar-refractivity contribution >= 4 is 6.01 Å². The molecule has 0 saturated carbocycles. The summed E-state index contributed by atoms with van der Waals surface area (Å²) < 4.78 is 10.2. The smallest absolute Gasteiger partial charge is 0.321 e. The second kappa shape index (κ2) is 5.81. The van der Waals surface area contributed by atoms with E-state index in [4.69, 9.17) is 9.26 Å². The number of morpholine rings is 1. The van der Waals surface area contributed by atoms with Gasteiger partial charge in [0.1, 0.15) is 0 Å². The fourth-order valence-electron chi connectivity index (χ4n) is 1.69. The highest BCUT2D eigenvalue weighted by Crippen LogP contribution is 2.02. The Bertz CT molecular complexity index is 310. The summed E-state index contributed by atoms with van der Waals surface area (Å²) in [6, 6.07) is 0.513. The zero-order valence-corrected chi connectivity index (χ0v) is 9.61. The summed E-state index contributed by atoms with van der Waals surface area (Å²) in [5.74, 6) is 0.663. The molecule has 1 aromatic heterocycles. The fourth-order valence-corrected chi connectivity index (χ4v) is 1.69. The molecule has 6 heteroatoms. The summed E-state index contributed by atoms with van der Waals surface area (Å²) >= 11 is 0. The Hall–Kier alpha value is -1.14. The Balaban J connectivity index is 1.57. The van der Waals surface area contributed by atoms with Crippen LogP contribution in [0.2, 0.25) is 0 Å². The number of hydrogen-bond acceptors (Lipinski definition) is 6. The lowest BCUT2D eigenvalue weighted by Crippen LogP contribution is -2.37. The topological polar surface area (TPSA) is 63.4 Å². The zero-order valence-electron chi connectivity index (χ0n) is 9.61. The number of ether oxygens (including phenoxy) is 1. The lowest BCUT2D eigenvalue weighted by atomic mass is 10.3. The van der Waals surface area contributed by atoms with E-state index < -0.39 is 0 Å². The first-order valence-electron chi connectivity index (χ1n) is 5.69. The van der Waals surface area contributed by atoms with E-state index in [9.17, 15) is 0 Å². The molecular weight excluding hydrogens is 208 g/mol. The van der Waals surface area contributed by atoms with Crippen molar-refractivity contribution in [2.45, 2.75) is 13.3 Å². The molecule has 0 spiro atoms. The van der Waals surface area contributed by atoms with Crippen LogP contribution in [0.15, 0.2) is 4.52 Å². The SMILES string of the molecule is Cc1noc(NCCCN2CCOCC2)n1. The lowest BCUT2D eigenvalue weighted by molar-refractivity contribution is 0.0378. The van der Waals surface area contributed by atoms with Crippen molar-refractivity contribution in [2.75, 3.05) is 44.7 Å². The van der Waals surface area contributed by atoms with Gasteiger partial charge in [-0.2, -0.15) is 4.98 Å². The first-order valence-corrected chi connectivity index (χ1v) is 5.69. The minimum Gasteiger partial charge on any atom is -0.379 e. The summed E-state index contributed by atoms with van der Waals surface area (Å²) in [7, 11) is 0. The third kappa shape index (κ3) is 3.46. The average molecular weight is 226 g/mol. The predicted molar refractivity (Wildman–Crippen MR) is 59.4 cm³/mol. The normalized spacial score (nSPS) is 17.6. The molecule has 1 N–H and O–H groups in total. The molecule has 0 amide bonds. The van der Waals surface area contributed by atoms with Gasteiger partial charge in [0, 0.05) is 19.6 Å². The van der Waals surface area contributed by atoms with Crippen LogP contribution < -0.4 is 5.32 Å². The van der Waals surface area contributed by atoms with E-state index in [1.54, 1.807) is 0 Å². The fraction of sp³-hybridized carbons (Fsp3) is 0.800. The molecule has 0 atom stereocenters. The highest BCUT2D eigenvalue weighted by molar-refractivity contribution is 5.17. The molecule has 0 aliphatic carbocycles. The molecule has 90 valence electrons. The standard InChI is InChI=1S/C10H18N4O2/c1-9-12-10(16-13-9)11-3-2-4-14-5-7-15-8-6-14/h2-8H2,1H3,(H,11,12,13). The second-order valence-corrected chi connectivity index (χ2v) is 3.88. The highest BCUT2D eigenvalue weighted by atomic mass is 16.5. The molecule has 2 heterocycles. The van der Waals surface area contributed by atoms with Crippen molar-refractivity contribution < 1.29 is 9.26 Å². The van der Waals surface area contributed by atoms with Crippen LogP contribution in [0, 0.1) is 6.92 Å². The third-order valence-corrected chi connectivity index (χ3v) is 2.56. The van der Waals surface area contributed by atoms with Crippen LogP contribution in [-0.2, 0) is 4.74 Å².